The van der Waals surface area contributed by atoms with Gasteiger partial charge in [0.25, 0.3) is 5.91 Å². The summed E-state index contributed by atoms with van der Waals surface area (Å²) in [6.45, 7) is 9.52. The van der Waals surface area contributed by atoms with E-state index in [4.69, 9.17) is 9.72 Å². The Kier molecular flexibility index (Phi) is 6.52. The standard InChI is InChI=1S/C26H34N4O2S/c1-19(2)33-20-6-7-21(22(18-20)29-12-10-26(8-9-26)11-13-29)25(31)28-23-4-3-5-24(27-23)30-14-16-32-17-15-30/h3-7,18-19H,8-17H2,1-2H3,(H,27,28,31). The number of aromatic nitrogens is 1. The summed E-state index contributed by atoms with van der Waals surface area (Å²) in [5, 5.41) is 3.57. The molecule has 7 heteroatoms. The lowest BCUT2D eigenvalue weighted by Gasteiger charge is -2.35. The molecule has 3 heterocycles. The molecule has 6 nitrogen and oxygen atoms in total. The minimum atomic E-state index is -0.0931. The molecule has 176 valence electrons. The fraction of sp³-hybridized carbons (Fsp3) is 0.538. The zero-order chi connectivity index (χ0) is 22.8. The van der Waals surface area contributed by atoms with Gasteiger partial charge < -0.3 is 19.9 Å². The molecule has 2 saturated heterocycles. The SMILES string of the molecule is CC(C)Sc1ccc(C(=O)Nc2cccc(N3CCOCC3)n2)c(N2CCC3(CC2)CC3)c1. The van der Waals surface area contributed by atoms with E-state index in [0.29, 0.717) is 29.7 Å². The average Bonchev–Trinajstić information content (AvgIpc) is 3.58. The van der Waals surface area contributed by atoms with Crippen molar-refractivity contribution in [3.8, 4) is 0 Å². The third-order valence-corrected chi connectivity index (χ3v) is 8.02. The van der Waals surface area contributed by atoms with Crippen molar-refractivity contribution in [3.63, 3.8) is 0 Å². The van der Waals surface area contributed by atoms with Crippen LogP contribution in [0.2, 0.25) is 0 Å². The van der Waals surface area contributed by atoms with Crippen molar-refractivity contribution < 1.29 is 9.53 Å². The average molecular weight is 467 g/mol. The van der Waals surface area contributed by atoms with Gasteiger partial charge in [-0.2, -0.15) is 0 Å². The van der Waals surface area contributed by atoms with Crippen molar-refractivity contribution in [1.82, 2.24) is 4.98 Å². The molecule has 1 aliphatic carbocycles. The number of rotatable bonds is 6. The minimum Gasteiger partial charge on any atom is -0.378 e. The monoisotopic (exact) mass is 466 g/mol. The molecule has 1 N–H and O–H groups in total. The summed E-state index contributed by atoms with van der Waals surface area (Å²) < 4.78 is 5.45. The highest BCUT2D eigenvalue weighted by Crippen LogP contribution is 2.54. The summed E-state index contributed by atoms with van der Waals surface area (Å²) in [7, 11) is 0. The summed E-state index contributed by atoms with van der Waals surface area (Å²) in [5.74, 6) is 1.38. The van der Waals surface area contributed by atoms with Crippen LogP contribution < -0.4 is 15.1 Å². The van der Waals surface area contributed by atoms with Gasteiger partial charge in [-0.1, -0.05) is 19.9 Å². The number of nitrogens with one attached hydrogen (secondary N) is 1. The number of pyridine rings is 1. The van der Waals surface area contributed by atoms with Gasteiger partial charge in [-0.15, -0.1) is 11.8 Å². The number of thioether (sulfide) groups is 1. The normalized spacial score (nSPS) is 19.7. The zero-order valence-corrected chi connectivity index (χ0v) is 20.5. The molecular formula is C26H34N4O2S. The molecule has 2 aliphatic heterocycles. The number of amides is 1. The molecule has 33 heavy (non-hydrogen) atoms. The highest BCUT2D eigenvalue weighted by atomic mass is 32.2. The third-order valence-electron chi connectivity index (χ3n) is 7.02. The largest absolute Gasteiger partial charge is 0.378 e. The van der Waals surface area contributed by atoms with Crippen molar-refractivity contribution in [3.05, 3.63) is 42.0 Å². The number of ether oxygens (including phenoxy) is 1. The Labute approximate surface area is 201 Å². The molecule has 3 aliphatic rings. The number of nitrogens with zero attached hydrogens (tertiary/aromatic N) is 3. The van der Waals surface area contributed by atoms with Gasteiger partial charge in [0.2, 0.25) is 0 Å². The number of anilines is 3. The van der Waals surface area contributed by atoms with Crippen molar-refractivity contribution in [2.45, 2.75) is 49.7 Å². The van der Waals surface area contributed by atoms with E-state index in [1.54, 1.807) is 0 Å². The second-order valence-corrected chi connectivity index (χ2v) is 11.4. The number of hydrogen-bond acceptors (Lipinski definition) is 6. The lowest BCUT2D eigenvalue weighted by Crippen LogP contribution is -2.37. The Bertz CT molecular complexity index is 992. The van der Waals surface area contributed by atoms with E-state index < -0.39 is 0 Å². The molecule has 1 spiro atoms. The van der Waals surface area contributed by atoms with Gasteiger partial charge in [-0.25, -0.2) is 4.98 Å². The highest BCUT2D eigenvalue weighted by Gasteiger charge is 2.44. The maximum absolute atomic E-state index is 13.4. The van der Waals surface area contributed by atoms with Gasteiger partial charge in [0.05, 0.1) is 24.5 Å². The molecule has 3 fully saturated rings. The van der Waals surface area contributed by atoms with Crippen LogP contribution in [-0.2, 0) is 4.74 Å². The van der Waals surface area contributed by atoms with E-state index in [1.165, 1.54) is 30.6 Å². The van der Waals surface area contributed by atoms with Gasteiger partial charge in [0.15, 0.2) is 0 Å². The Morgan fingerprint density at radius 3 is 2.48 bits per heavy atom. The Hall–Kier alpha value is -2.25. The van der Waals surface area contributed by atoms with E-state index in [2.05, 4.69) is 41.1 Å². The topological polar surface area (TPSA) is 57.7 Å². The molecule has 1 aromatic carbocycles. The van der Waals surface area contributed by atoms with E-state index in [1.807, 2.05) is 36.0 Å². The van der Waals surface area contributed by atoms with Crippen molar-refractivity contribution in [1.29, 1.82) is 0 Å². The van der Waals surface area contributed by atoms with E-state index >= 15 is 0 Å². The highest BCUT2D eigenvalue weighted by molar-refractivity contribution is 7.99. The lowest BCUT2D eigenvalue weighted by atomic mass is 9.93. The first kappa shape index (κ1) is 22.5. The van der Waals surface area contributed by atoms with Crippen LogP contribution in [0.5, 0.6) is 0 Å². The van der Waals surface area contributed by atoms with Crippen LogP contribution in [0.1, 0.15) is 49.9 Å². The second kappa shape index (κ2) is 9.55. The smallest absolute Gasteiger partial charge is 0.258 e. The maximum atomic E-state index is 13.4. The van der Waals surface area contributed by atoms with Crippen molar-refractivity contribution >= 4 is 35.0 Å². The van der Waals surface area contributed by atoms with Crippen LogP contribution in [0.25, 0.3) is 0 Å². The fourth-order valence-corrected chi connectivity index (χ4v) is 5.73. The quantitative estimate of drug-likeness (QED) is 0.601. The van der Waals surface area contributed by atoms with E-state index in [9.17, 15) is 4.79 Å². The molecule has 1 amide bonds. The van der Waals surface area contributed by atoms with E-state index in [-0.39, 0.29) is 5.91 Å². The molecular weight excluding hydrogens is 432 g/mol. The number of carbonyl (C=O) groups excluding carboxylic acids is 1. The van der Waals surface area contributed by atoms with Crippen LogP contribution in [0.3, 0.4) is 0 Å². The number of benzene rings is 1. The number of carbonyl (C=O) groups is 1. The van der Waals surface area contributed by atoms with E-state index in [0.717, 1.165) is 43.2 Å². The van der Waals surface area contributed by atoms with Gasteiger partial charge >= 0.3 is 0 Å². The van der Waals surface area contributed by atoms with Gasteiger partial charge in [0.1, 0.15) is 11.6 Å². The Morgan fingerprint density at radius 1 is 1.03 bits per heavy atom. The van der Waals surface area contributed by atoms with Crippen LogP contribution in [-0.4, -0.2) is 55.5 Å². The van der Waals surface area contributed by atoms with Gasteiger partial charge in [-0.3, -0.25) is 4.79 Å². The number of hydrogen-bond donors (Lipinski definition) is 1. The molecule has 1 saturated carbocycles. The predicted octanol–water partition coefficient (Wildman–Crippen LogP) is 5.05. The molecule has 0 unspecified atom stereocenters. The summed E-state index contributed by atoms with van der Waals surface area (Å²) >= 11 is 1.84. The molecule has 5 rings (SSSR count). The summed E-state index contributed by atoms with van der Waals surface area (Å²) in [5.41, 5.74) is 2.39. The zero-order valence-electron chi connectivity index (χ0n) is 19.7. The second-order valence-electron chi connectivity index (χ2n) is 9.77. The van der Waals surface area contributed by atoms with Crippen LogP contribution in [0.4, 0.5) is 17.3 Å². The van der Waals surface area contributed by atoms with Crippen molar-refractivity contribution in [2.75, 3.05) is 54.5 Å². The Balaban J connectivity index is 1.36. The van der Waals surface area contributed by atoms with Crippen molar-refractivity contribution in [2.24, 2.45) is 5.41 Å². The molecule has 0 radical (unpaired) electrons. The molecule has 0 bridgehead atoms. The predicted molar refractivity (Wildman–Crippen MR) is 136 cm³/mol. The van der Waals surface area contributed by atoms with Gasteiger partial charge in [-0.05, 0) is 61.4 Å². The Morgan fingerprint density at radius 2 is 1.79 bits per heavy atom. The minimum absolute atomic E-state index is 0.0931. The number of morpholine rings is 1. The number of piperidine rings is 1. The lowest BCUT2D eigenvalue weighted by molar-refractivity contribution is 0.102. The third kappa shape index (κ3) is 5.30. The van der Waals surface area contributed by atoms with Crippen LogP contribution in [0.15, 0.2) is 41.3 Å². The summed E-state index contributed by atoms with van der Waals surface area (Å²) in [4.78, 5) is 24.0. The summed E-state index contributed by atoms with van der Waals surface area (Å²) in [6, 6.07) is 12.1. The van der Waals surface area contributed by atoms with Crippen LogP contribution >= 0.6 is 11.8 Å². The van der Waals surface area contributed by atoms with Crippen LogP contribution in [0, 0.1) is 5.41 Å². The fourth-order valence-electron chi connectivity index (χ4n) is 4.85. The first-order chi connectivity index (χ1) is 16.0. The molecule has 0 atom stereocenters. The van der Waals surface area contributed by atoms with Gasteiger partial charge in [0, 0.05) is 36.3 Å². The summed E-state index contributed by atoms with van der Waals surface area (Å²) in [6.07, 6.45) is 5.22. The maximum Gasteiger partial charge on any atom is 0.258 e. The molecule has 2 aromatic rings. The first-order valence-electron chi connectivity index (χ1n) is 12.2. The molecule has 1 aromatic heterocycles. The first-order valence-corrected chi connectivity index (χ1v) is 13.1.